The molecule has 3 heteroatoms. The average Bonchev–Trinajstić information content (AvgIpc) is 2.95. The van der Waals surface area contributed by atoms with E-state index in [1.165, 1.54) is 5.56 Å². The number of urea groups is 1. The first kappa shape index (κ1) is 12.0. The van der Waals surface area contributed by atoms with Crippen LogP contribution in [0.5, 0.6) is 0 Å². The Morgan fingerprint density at radius 1 is 1.24 bits per heavy atom. The lowest BCUT2D eigenvalue weighted by atomic mass is 10.1. The van der Waals surface area contributed by atoms with Gasteiger partial charge in [0.25, 0.3) is 0 Å². The zero-order chi connectivity index (χ0) is 12.5. The van der Waals surface area contributed by atoms with Gasteiger partial charge < -0.3 is 10.6 Å². The number of carbonyl (C=O) groups excluding carboxylic acids is 1. The highest BCUT2D eigenvalue weighted by atomic mass is 16.2. The van der Waals surface area contributed by atoms with E-state index in [1.807, 2.05) is 39.0 Å². The number of hydrogen-bond acceptors (Lipinski definition) is 1. The fraction of sp³-hybridized carbons (Fsp3) is 0.500. The Labute approximate surface area is 103 Å². The first-order chi connectivity index (χ1) is 7.96. The molecule has 0 bridgehead atoms. The van der Waals surface area contributed by atoms with Crippen LogP contribution in [-0.2, 0) is 0 Å². The SMILES string of the molecule is CC(C)(C)NC(=O)NC1CC1c1ccccc1. The first-order valence-corrected chi connectivity index (χ1v) is 6.09. The summed E-state index contributed by atoms with van der Waals surface area (Å²) in [5.41, 5.74) is 1.13. The minimum atomic E-state index is -0.179. The van der Waals surface area contributed by atoms with Crippen LogP contribution in [0.1, 0.15) is 38.7 Å². The smallest absolute Gasteiger partial charge is 0.315 e. The third kappa shape index (κ3) is 3.48. The van der Waals surface area contributed by atoms with E-state index in [0.717, 1.165) is 6.42 Å². The van der Waals surface area contributed by atoms with Gasteiger partial charge in [-0.15, -0.1) is 0 Å². The Kier molecular flexibility index (Phi) is 3.09. The van der Waals surface area contributed by atoms with E-state index >= 15 is 0 Å². The summed E-state index contributed by atoms with van der Waals surface area (Å²) >= 11 is 0. The van der Waals surface area contributed by atoms with Crippen LogP contribution in [-0.4, -0.2) is 17.6 Å². The van der Waals surface area contributed by atoms with Gasteiger partial charge in [0.1, 0.15) is 0 Å². The molecule has 17 heavy (non-hydrogen) atoms. The largest absolute Gasteiger partial charge is 0.335 e. The van der Waals surface area contributed by atoms with Crippen molar-refractivity contribution in [2.24, 2.45) is 0 Å². The van der Waals surface area contributed by atoms with Crippen LogP contribution in [0.4, 0.5) is 4.79 Å². The van der Waals surface area contributed by atoms with Crippen LogP contribution >= 0.6 is 0 Å². The molecule has 2 rings (SSSR count). The van der Waals surface area contributed by atoms with Crippen molar-refractivity contribution in [3.8, 4) is 0 Å². The van der Waals surface area contributed by atoms with Crippen molar-refractivity contribution >= 4 is 6.03 Å². The predicted octanol–water partition coefficient (Wildman–Crippen LogP) is 2.64. The normalized spacial score (nSPS) is 23.0. The lowest BCUT2D eigenvalue weighted by Crippen LogP contribution is -2.47. The highest BCUT2D eigenvalue weighted by Crippen LogP contribution is 2.40. The van der Waals surface area contributed by atoms with E-state index in [2.05, 4.69) is 22.8 Å². The second kappa shape index (κ2) is 4.40. The zero-order valence-corrected chi connectivity index (χ0v) is 10.7. The third-order valence-corrected chi connectivity index (χ3v) is 2.82. The van der Waals surface area contributed by atoms with E-state index in [-0.39, 0.29) is 11.6 Å². The van der Waals surface area contributed by atoms with Crippen LogP contribution in [0.25, 0.3) is 0 Å². The Bertz CT molecular complexity index is 394. The molecule has 0 aromatic heterocycles. The molecular formula is C14H20N2O. The number of benzene rings is 1. The van der Waals surface area contributed by atoms with Gasteiger partial charge in [-0.2, -0.15) is 0 Å². The summed E-state index contributed by atoms with van der Waals surface area (Å²) in [6, 6.07) is 10.6. The average molecular weight is 232 g/mol. The third-order valence-electron chi connectivity index (χ3n) is 2.82. The molecule has 0 heterocycles. The molecule has 0 radical (unpaired) electrons. The molecule has 2 unspecified atom stereocenters. The van der Waals surface area contributed by atoms with E-state index < -0.39 is 0 Å². The van der Waals surface area contributed by atoms with Gasteiger partial charge in [-0.3, -0.25) is 0 Å². The quantitative estimate of drug-likeness (QED) is 0.808. The molecule has 1 aliphatic carbocycles. The second-order valence-electron chi connectivity index (χ2n) is 5.71. The molecule has 1 aromatic rings. The van der Waals surface area contributed by atoms with Crippen LogP contribution in [0, 0.1) is 0 Å². The number of nitrogens with one attached hydrogen (secondary N) is 2. The summed E-state index contributed by atoms with van der Waals surface area (Å²) in [5.74, 6) is 0.488. The van der Waals surface area contributed by atoms with Gasteiger partial charge in [-0.05, 0) is 32.8 Å². The summed E-state index contributed by atoms with van der Waals surface area (Å²) in [4.78, 5) is 11.7. The van der Waals surface area contributed by atoms with Crippen molar-refractivity contribution < 1.29 is 4.79 Å². The van der Waals surface area contributed by atoms with Crippen molar-refractivity contribution in [3.05, 3.63) is 35.9 Å². The van der Waals surface area contributed by atoms with Crippen molar-refractivity contribution in [1.29, 1.82) is 0 Å². The van der Waals surface area contributed by atoms with Crippen LogP contribution < -0.4 is 10.6 Å². The predicted molar refractivity (Wildman–Crippen MR) is 69.0 cm³/mol. The standard InChI is InChI=1S/C14H20N2O/c1-14(2,3)16-13(17)15-12-9-11(12)10-7-5-4-6-8-10/h4-8,11-12H,9H2,1-3H3,(H2,15,16,17). The molecule has 3 nitrogen and oxygen atoms in total. The van der Waals surface area contributed by atoms with Crippen LogP contribution in [0.3, 0.4) is 0 Å². The molecule has 1 saturated carbocycles. The lowest BCUT2D eigenvalue weighted by molar-refractivity contribution is 0.231. The van der Waals surface area contributed by atoms with Gasteiger partial charge in [0.05, 0.1) is 0 Å². The highest BCUT2D eigenvalue weighted by Gasteiger charge is 2.39. The number of hydrogen-bond donors (Lipinski definition) is 2. The fourth-order valence-electron chi connectivity index (χ4n) is 1.97. The zero-order valence-electron chi connectivity index (χ0n) is 10.7. The Balaban J connectivity index is 1.83. The van der Waals surface area contributed by atoms with Crippen molar-refractivity contribution in [3.63, 3.8) is 0 Å². The molecule has 1 fully saturated rings. The lowest BCUT2D eigenvalue weighted by Gasteiger charge is -2.20. The van der Waals surface area contributed by atoms with Gasteiger partial charge in [-0.1, -0.05) is 30.3 Å². The van der Waals surface area contributed by atoms with Gasteiger partial charge in [-0.25, -0.2) is 4.79 Å². The van der Waals surface area contributed by atoms with E-state index in [1.54, 1.807) is 0 Å². The number of carbonyl (C=O) groups is 1. The van der Waals surface area contributed by atoms with Crippen LogP contribution in [0.15, 0.2) is 30.3 Å². The topological polar surface area (TPSA) is 41.1 Å². The number of rotatable bonds is 2. The molecule has 0 saturated heterocycles. The minimum Gasteiger partial charge on any atom is -0.335 e. The van der Waals surface area contributed by atoms with E-state index in [9.17, 15) is 4.79 Å². The molecule has 0 aliphatic heterocycles. The van der Waals surface area contributed by atoms with Gasteiger partial charge in [0, 0.05) is 17.5 Å². The molecule has 1 aliphatic rings. The highest BCUT2D eigenvalue weighted by molar-refractivity contribution is 5.75. The van der Waals surface area contributed by atoms with Gasteiger partial charge in [0.15, 0.2) is 0 Å². The maximum Gasteiger partial charge on any atom is 0.315 e. The van der Waals surface area contributed by atoms with Gasteiger partial charge >= 0.3 is 6.03 Å². The minimum absolute atomic E-state index is 0.0686. The summed E-state index contributed by atoms with van der Waals surface area (Å²) in [6.07, 6.45) is 1.04. The summed E-state index contributed by atoms with van der Waals surface area (Å²) in [7, 11) is 0. The molecule has 2 amide bonds. The van der Waals surface area contributed by atoms with Crippen molar-refractivity contribution in [2.75, 3.05) is 0 Å². The first-order valence-electron chi connectivity index (χ1n) is 6.09. The van der Waals surface area contributed by atoms with Crippen molar-refractivity contribution in [2.45, 2.75) is 44.7 Å². The molecular weight excluding hydrogens is 212 g/mol. The van der Waals surface area contributed by atoms with Crippen LogP contribution in [0.2, 0.25) is 0 Å². The molecule has 92 valence electrons. The van der Waals surface area contributed by atoms with E-state index in [4.69, 9.17) is 0 Å². The summed E-state index contributed by atoms with van der Waals surface area (Å²) in [5, 5.41) is 5.92. The van der Waals surface area contributed by atoms with Gasteiger partial charge in [0.2, 0.25) is 0 Å². The Hall–Kier alpha value is -1.51. The monoisotopic (exact) mass is 232 g/mol. The molecule has 0 spiro atoms. The molecule has 1 aromatic carbocycles. The summed E-state index contributed by atoms with van der Waals surface area (Å²) < 4.78 is 0. The number of amides is 2. The fourth-order valence-corrected chi connectivity index (χ4v) is 1.97. The Morgan fingerprint density at radius 3 is 2.47 bits per heavy atom. The summed E-state index contributed by atoms with van der Waals surface area (Å²) in [6.45, 7) is 5.94. The Morgan fingerprint density at radius 2 is 1.88 bits per heavy atom. The second-order valence-corrected chi connectivity index (χ2v) is 5.71. The maximum atomic E-state index is 11.7. The van der Waals surface area contributed by atoms with Crippen molar-refractivity contribution in [1.82, 2.24) is 10.6 Å². The maximum absolute atomic E-state index is 11.7. The van der Waals surface area contributed by atoms with E-state index in [0.29, 0.717) is 12.0 Å². The molecule has 2 N–H and O–H groups in total. The molecule has 2 atom stereocenters.